The average Bonchev–Trinajstić information content (AvgIpc) is 3.28. The first-order valence-electron chi connectivity index (χ1n) is 10.8. The molecule has 0 radical (unpaired) electrons. The number of aromatic amines is 1. The van der Waals surface area contributed by atoms with Gasteiger partial charge in [-0.25, -0.2) is 4.98 Å². The lowest BCUT2D eigenvalue weighted by molar-refractivity contribution is 0.0511. The van der Waals surface area contributed by atoms with Gasteiger partial charge in [0.15, 0.2) is 0 Å². The van der Waals surface area contributed by atoms with Crippen molar-refractivity contribution in [3.63, 3.8) is 0 Å². The molecule has 0 saturated carbocycles. The molecule has 2 unspecified atom stereocenters. The fourth-order valence-corrected chi connectivity index (χ4v) is 5.65. The molecule has 2 aliphatic rings. The Hall–Kier alpha value is -3.60. The second-order valence-electron chi connectivity index (χ2n) is 8.73. The van der Waals surface area contributed by atoms with Gasteiger partial charge in [-0.3, -0.25) is 4.79 Å². The topological polar surface area (TPSA) is 69.2 Å². The molecule has 1 aromatic heterocycles. The molecule has 1 aliphatic carbocycles. The molecule has 1 saturated heterocycles. The molecule has 3 aromatic carbocycles. The van der Waals surface area contributed by atoms with Crippen molar-refractivity contribution in [2.75, 3.05) is 6.54 Å². The molecule has 154 valence electrons. The van der Waals surface area contributed by atoms with Crippen molar-refractivity contribution < 1.29 is 9.90 Å². The van der Waals surface area contributed by atoms with E-state index in [2.05, 4.69) is 39.1 Å². The minimum absolute atomic E-state index is 0.0744. The van der Waals surface area contributed by atoms with Crippen molar-refractivity contribution in [2.45, 2.75) is 30.7 Å². The largest absolute Gasteiger partial charge is 0.508 e. The Bertz CT molecular complexity index is 1300. The number of H-pyrrole nitrogens is 1. The van der Waals surface area contributed by atoms with E-state index in [0.717, 1.165) is 30.3 Å². The number of imidazole rings is 1. The molecule has 4 aromatic rings. The molecule has 5 heteroatoms. The van der Waals surface area contributed by atoms with Crippen molar-refractivity contribution in [2.24, 2.45) is 0 Å². The van der Waals surface area contributed by atoms with Crippen molar-refractivity contribution in [1.82, 2.24) is 14.9 Å². The van der Waals surface area contributed by atoms with E-state index in [0.29, 0.717) is 17.9 Å². The molecule has 2 atom stereocenters. The summed E-state index contributed by atoms with van der Waals surface area (Å²) in [7, 11) is 0. The summed E-state index contributed by atoms with van der Waals surface area (Å²) in [6.07, 6.45) is 4.16. The number of carbonyl (C=O) groups is 1. The number of piperidine rings is 1. The van der Waals surface area contributed by atoms with Crippen LogP contribution in [0.1, 0.15) is 39.9 Å². The summed E-state index contributed by atoms with van der Waals surface area (Å²) in [5.41, 5.74) is 5.96. The van der Waals surface area contributed by atoms with Gasteiger partial charge in [-0.15, -0.1) is 0 Å². The fraction of sp³-hybridized carbons (Fsp3) is 0.231. The van der Waals surface area contributed by atoms with E-state index in [1.165, 1.54) is 16.7 Å². The number of rotatable bonds is 2. The second kappa shape index (κ2) is 6.71. The lowest BCUT2D eigenvalue weighted by Crippen LogP contribution is -2.55. The van der Waals surface area contributed by atoms with E-state index in [1.807, 2.05) is 36.4 Å². The zero-order valence-electron chi connectivity index (χ0n) is 17.1. The maximum atomic E-state index is 13.5. The van der Waals surface area contributed by atoms with E-state index >= 15 is 0 Å². The van der Waals surface area contributed by atoms with E-state index in [-0.39, 0.29) is 17.4 Å². The van der Waals surface area contributed by atoms with Gasteiger partial charge in [0, 0.05) is 23.6 Å². The van der Waals surface area contributed by atoms with Crippen LogP contribution >= 0.6 is 0 Å². The molecule has 1 fully saturated rings. The van der Waals surface area contributed by atoms with Gasteiger partial charge in [0.25, 0.3) is 5.91 Å². The van der Waals surface area contributed by atoms with Crippen LogP contribution in [0.5, 0.6) is 5.75 Å². The SMILES string of the molecule is O=C(c1ccc2nc[nH]c2c1)N1CCC2(c3ccccc3)CC1Cc1ccc(O)cc12. The normalized spacial score (nSPS) is 22.3. The fourth-order valence-electron chi connectivity index (χ4n) is 5.65. The molecule has 2 heterocycles. The number of phenols is 1. The first-order valence-corrected chi connectivity index (χ1v) is 10.8. The number of hydrogen-bond acceptors (Lipinski definition) is 3. The Morgan fingerprint density at radius 2 is 1.97 bits per heavy atom. The van der Waals surface area contributed by atoms with Crippen molar-refractivity contribution in [1.29, 1.82) is 0 Å². The summed E-state index contributed by atoms with van der Waals surface area (Å²) in [5, 5.41) is 10.2. The molecule has 0 spiro atoms. The summed E-state index contributed by atoms with van der Waals surface area (Å²) in [6, 6.07) is 22.1. The molecule has 6 rings (SSSR count). The molecule has 2 bridgehead atoms. The first-order chi connectivity index (χ1) is 15.1. The lowest BCUT2D eigenvalue weighted by Gasteiger charge is -2.51. The number of likely N-dealkylation sites (tertiary alicyclic amines) is 1. The van der Waals surface area contributed by atoms with Gasteiger partial charge in [0.05, 0.1) is 17.4 Å². The zero-order valence-corrected chi connectivity index (χ0v) is 17.1. The average molecular weight is 409 g/mol. The van der Waals surface area contributed by atoms with Gasteiger partial charge in [-0.05, 0) is 66.3 Å². The van der Waals surface area contributed by atoms with Gasteiger partial charge >= 0.3 is 0 Å². The number of amides is 1. The Kier molecular flexibility index (Phi) is 3.93. The maximum Gasteiger partial charge on any atom is 0.254 e. The van der Waals surface area contributed by atoms with Gasteiger partial charge < -0.3 is 15.0 Å². The number of fused-ring (bicyclic) bond motifs is 5. The summed E-state index contributed by atoms with van der Waals surface area (Å²) in [6.45, 7) is 0.689. The smallest absolute Gasteiger partial charge is 0.254 e. The zero-order chi connectivity index (χ0) is 21.0. The van der Waals surface area contributed by atoms with Crippen molar-refractivity contribution in [3.8, 4) is 5.75 Å². The number of benzene rings is 3. The molecular formula is C26H23N3O2. The molecule has 1 aliphatic heterocycles. The van der Waals surface area contributed by atoms with Crippen LogP contribution in [0.25, 0.3) is 11.0 Å². The predicted octanol–water partition coefficient (Wildman–Crippen LogP) is 4.42. The standard InChI is InChI=1S/C26H23N3O2/c30-21-8-6-17-12-20-15-26(22(17)14-21,19-4-2-1-3-5-19)10-11-29(20)25(31)18-7-9-23-24(13-18)28-16-27-23/h1-9,13-14,16,20,30H,10-12,15H2,(H,27,28). The monoisotopic (exact) mass is 409 g/mol. The minimum atomic E-state index is -0.178. The second-order valence-corrected chi connectivity index (χ2v) is 8.73. The van der Waals surface area contributed by atoms with Crippen LogP contribution < -0.4 is 0 Å². The van der Waals surface area contributed by atoms with E-state index in [1.54, 1.807) is 12.4 Å². The number of aromatic hydroxyl groups is 1. The van der Waals surface area contributed by atoms with Gasteiger partial charge in [0.1, 0.15) is 5.75 Å². The Balaban J connectivity index is 1.41. The number of phenolic OH excluding ortho intramolecular Hbond substituents is 1. The maximum absolute atomic E-state index is 13.5. The number of hydrogen-bond donors (Lipinski definition) is 2. The number of nitrogens with zero attached hydrogens (tertiary/aromatic N) is 2. The molecule has 2 N–H and O–H groups in total. The number of carbonyl (C=O) groups excluding carboxylic acids is 1. The first kappa shape index (κ1) is 18.2. The van der Waals surface area contributed by atoms with E-state index in [4.69, 9.17) is 0 Å². The van der Waals surface area contributed by atoms with Gasteiger partial charge in [0.2, 0.25) is 0 Å². The third-order valence-corrected chi connectivity index (χ3v) is 7.12. The van der Waals surface area contributed by atoms with Gasteiger partial charge in [-0.1, -0.05) is 36.4 Å². The summed E-state index contributed by atoms with van der Waals surface area (Å²) in [4.78, 5) is 22.9. The van der Waals surface area contributed by atoms with Crippen molar-refractivity contribution in [3.05, 3.63) is 95.3 Å². The van der Waals surface area contributed by atoms with E-state index < -0.39 is 0 Å². The predicted molar refractivity (Wildman–Crippen MR) is 119 cm³/mol. The third kappa shape index (κ3) is 2.76. The minimum Gasteiger partial charge on any atom is -0.508 e. The summed E-state index contributed by atoms with van der Waals surface area (Å²) >= 11 is 0. The Morgan fingerprint density at radius 1 is 1.10 bits per heavy atom. The highest BCUT2D eigenvalue weighted by atomic mass is 16.3. The highest BCUT2D eigenvalue weighted by Gasteiger charge is 2.48. The van der Waals surface area contributed by atoms with Crippen LogP contribution in [0.3, 0.4) is 0 Å². The van der Waals surface area contributed by atoms with E-state index in [9.17, 15) is 9.90 Å². The molecule has 1 amide bonds. The highest BCUT2D eigenvalue weighted by molar-refractivity contribution is 5.97. The van der Waals surface area contributed by atoms with Crippen LogP contribution in [0.15, 0.2) is 73.1 Å². The van der Waals surface area contributed by atoms with Crippen LogP contribution in [0, 0.1) is 0 Å². The Labute approximate surface area is 180 Å². The van der Waals surface area contributed by atoms with Crippen LogP contribution in [0.2, 0.25) is 0 Å². The van der Waals surface area contributed by atoms with Crippen LogP contribution in [-0.2, 0) is 11.8 Å². The number of nitrogens with one attached hydrogen (secondary N) is 1. The molecular weight excluding hydrogens is 386 g/mol. The van der Waals surface area contributed by atoms with Crippen LogP contribution in [-0.4, -0.2) is 38.5 Å². The number of aromatic nitrogens is 2. The Morgan fingerprint density at radius 3 is 2.84 bits per heavy atom. The van der Waals surface area contributed by atoms with Gasteiger partial charge in [-0.2, -0.15) is 0 Å². The lowest BCUT2D eigenvalue weighted by atomic mass is 9.60. The molecule has 5 nitrogen and oxygen atoms in total. The quantitative estimate of drug-likeness (QED) is 0.515. The highest BCUT2D eigenvalue weighted by Crippen LogP contribution is 2.50. The summed E-state index contributed by atoms with van der Waals surface area (Å²) in [5.74, 6) is 0.379. The summed E-state index contributed by atoms with van der Waals surface area (Å²) < 4.78 is 0. The third-order valence-electron chi connectivity index (χ3n) is 7.12. The van der Waals surface area contributed by atoms with Crippen molar-refractivity contribution >= 4 is 16.9 Å². The van der Waals surface area contributed by atoms with Crippen LogP contribution in [0.4, 0.5) is 0 Å². The molecule has 31 heavy (non-hydrogen) atoms.